The van der Waals surface area contributed by atoms with Crippen LogP contribution in [-0.2, 0) is 14.2 Å². The molecule has 1 unspecified atom stereocenters. The molecule has 2 aromatic carbocycles. The molecule has 0 amide bonds. The molecule has 1 atom stereocenters. The van der Waals surface area contributed by atoms with Gasteiger partial charge in [0.25, 0.3) is 0 Å². The minimum Gasteiger partial charge on any atom is -0.462 e. The van der Waals surface area contributed by atoms with E-state index in [1.165, 1.54) is 0 Å². The molecule has 7 heteroatoms. The highest BCUT2D eigenvalue weighted by molar-refractivity contribution is 5.90. The number of ether oxygens (including phenoxy) is 3. The van der Waals surface area contributed by atoms with Gasteiger partial charge in [0, 0.05) is 24.6 Å². The molecule has 0 saturated heterocycles. The molecule has 7 nitrogen and oxygen atoms in total. The Morgan fingerprint density at radius 3 is 1.87 bits per heavy atom. The molecule has 162 valence electrons. The predicted octanol–water partition coefficient (Wildman–Crippen LogP) is 3.83. The quantitative estimate of drug-likeness (QED) is 0.308. The first kappa shape index (κ1) is 23.2. The Hall–Kier alpha value is -3.06. The van der Waals surface area contributed by atoms with Crippen molar-refractivity contribution >= 4 is 23.3 Å². The summed E-state index contributed by atoms with van der Waals surface area (Å²) in [5, 5.41) is 0. The molecule has 0 radical (unpaired) electrons. The summed E-state index contributed by atoms with van der Waals surface area (Å²) >= 11 is 0. The molecule has 0 fully saturated rings. The van der Waals surface area contributed by atoms with E-state index in [-0.39, 0.29) is 18.0 Å². The maximum atomic E-state index is 12.0. The molecule has 0 aliphatic carbocycles. The lowest BCUT2D eigenvalue weighted by Gasteiger charge is -2.13. The lowest BCUT2D eigenvalue weighted by molar-refractivity contribution is 0.0293. The number of carbonyl (C=O) groups is 2. The molecule has 0 heterocycles. The number of esters is 2. The largest absolute Gasteiger partial charge is 0.462 e. The Kier molecular flexibility index (Phi) is 9.67. The summed E-state index contributed by atoms with van der Waals surface area (Å²) in [5.41, 5.74) is 13.4. The van der Waals surface area contributed by atoms with Gasteiger partial charge in [-0.25, -0.2) is 9.59 Å². The SMILES string of the molecule is CC(CCCOCCCCOC(=O)c1ccc(N)cc1)OC(=O)c1ccc(N)cc1. The number of hydrogen-bond donors (Lipinski definition) is 2. The van der Waals surface area contributed by atoms with Gasteiger partial charge in [-0.2, -0.15) is 0 Å². The van der Waals surface area contributed by atoms with Crippen molar-refractivity contribution in [3.63, 3.8) is 0 Å². The van der Waals surface area contributed by atoms with Gasteiger partial charge in [0.1, 0.15) is 0 Å². The topological polar surface area (TPSA) is 114 Å². The van der Waals surface area contributed by atoms with Crippen LogP contribution in [0.2, 0.25) is 0 Å². The van der Waals surface area contributed by atoms with Crippen molar-refractivity contribution in [1.82, 2.24) is 0 Å². The second-order valence-electron chi connectivity index (χ2n) is 7.06. The maximum Gasteiger partial charge on any atom is 0.338 e. The van der Waals surface area contributed by atoms with Crippen LogP contribution in [0, 0.1) is 0 Å². The summed E-state index contributed by atoms with van der Waals surface area (Å²) in [6.45, 7) is 3.41. The molecule has 0 aliphatic heterocycles. The van der Waals surface area contributed by atoms with Crippen LogP contribution >= 0.6 is 0 Å². The van der Waals surface area contributed by atoms with Crippen molar-refractivity contribution in [1.29, 1.82) is 0 Å². The van der Waals surface area contributed by atoms with Crippen LogP contribution in [0.5, 0.6) is 0 Å². The Bertz CT molecular complexity index is 790. The fraction of sp³-hybridized carbons (Fsp3) is 0.391. The molecule has 4 N–H and O–H groups in total. The first-order valence-electron chi connectivity index (χ1n) is 10.1. The number of anilines is 2. The average Bonchev–Trinajstić information content (AvgIpc) is 2.73. The van der Waals surface area contributed by atoms with E-state index in [0.717, 1.165) is 25.7 Å². The van der Waals surface area contributed by atoms with Gasteiger partial charge in [0.15, 0.2) is 0 Å². The normalized spacial score (nSPS) is 11.6. The van der Waals surface area contributed by atoms with E-state index in [9.17, 15) is 9.59 Å². The molecule has 2 rings (SSSR count). The Morgan fingerprint density at radius 1 is 0.767 bits per heavy atom. The van der Waals surface area contributed by atoms with Gasteiger partial charge in [0.2, 0.25) is 0 Å². The molecule has 2 aromatic rings. The zero-order valence-electron chi connectivity index (χ0n) is 17.3. The minimum absolute atomic E-state index is 0.189. The van der Waals surface area contributed by atoms with Crippen LogP contribution in [0.25, 0.3) is 0 Å². The first-order valence-corrected chi connectivity index (χ1v) is 10.1. The Balaban J connectivity index is 1.46. The molecular formula is C23H30N2O5. The fourth-order valence-corrected chi connectivity index (χ4v) is 2.68. The van der Waals surface area contributed by atoms with Crippen LogP contribution in [0.1, 0.15) is 53.3 Å². The molecular weight excluding hydrogens is 384 g/mol. The van der Waals surface area contributed by atoms with E-state index in [0.29, 0.717) is 42.3 Å². The summed E-state index contributed by atoms with van der Waals surface area (Å²) in [6.07, 6.45) is 2.86. The number of carbonyl (C=O) groups excluding carboxylic acids is 2. The van der Waals surface area contributed by atoms with Crippen molar-refractivity contribution in [2.24, 2.45) is 0 Å². The highest BCUT2D eigenvalue weighted by atomic mass is 16.5. The van der Waals surface area contributed by atoms with Gasteiger partial charge in [-0.1, -0.05) is 0 Å². The smallest absolute Gasteiger partial charge is 0.338 e. The monoisotopic (exact) mass is 414 g/mol. The van der Waals surface area contributed by atoms with E-state index in [1.54, 1.807) is 48.5 Å². The lowest BCUT2D eigenvalue weighted by atomic mass is 10.2. The first-order chi connectivity index (χ1) is 14.5. The van der Waals surface area contributed by atoms with Gasteiger partial charge in [-0.05, 0) is 81.1 Å². The van der Waals surface area contributed by atoms with Gasteiger partial charge in [-0.3, -0.25) is 0 Å². The van der Waals surface area contributed by atoms with Crippen molar-refractivity contribution in [3.8, 4) is 0 Å². The van der Waals surface area contributed by atoms with Crippen LogP contribution in [0.3, 0.4) is 0 Å². The standard InChI is InChI=1S/C23H30N2O5/c1-17(30-23(27)19-8-12-21(25)13-9-19)5-4-15-28-14-2-3-16-29-22(26)18-6-10-20(24)11-7-18/h6-13,17H,2-5,14-16,24-25H2,1H3. The summed E-state index contributed by atoms with van der Waals surface area (Å²) in [5.74, 6) is -0.699. The van der Waals surface area contributed by atoms with Crippen molar-refractivity contribution in [2.45, 2.75) is 38.7 Å². The third-order valence-electron chi connectivity index (χ3n) is 4.42. The Morgan fingerprint density at radius 2 is 1.27 bits per heavy atom. The minimum atomic E-state index is -0.350. The van der Waals surface area contributed by atoms with Crippen molar-refractivity contribution in [3.05, 3.63) is 59.7 Å². The second kappa shape index (κ2) is 12.5. The summed E-state index contributed by atoms with van der Waals surface area (Å²) in [4.78, 5) is 23.9. The van der Waals surface area contributed by atoms with E-state index in [1.807, 2.05) is 6.92 Å². The highest BCUT2D eigenvalue weighted by Gasteiger charge is 2.11. The average molecular weight is 415 g/mol. The van der Waals surface area contributed by atoms with Crippen LogP contribution < -0.4 is 11.5 Å². The summed E-state index contributed by atoms with van der Waals surface area (Å²) < 4.78 is 16.2. The zero-order valence-corrected chi connectivity index (χ0v) is 17.3. The lowest BCUT2D eigenvalue weighted by Crippen LogP contribution is -2.15. The molecule has 0 aromatic heterocycles. The summed E-state index contributed by atoms with van der Waals surface area (Å²) in [6, 6.07) is 13.3. The number of nitrogen functional groups attached to an aromatic ring is 2. The molecule has 0 spiro atoms. The fourth-order valence-electron chi connectivity index (χ4n) is 2.68. The highest BCUT2D eigenvalue weighted by Crippen LogP contribution is 2.11. The van der Waals surface area contributed by atoms with E-state index in [4.69, 9.17) is 25.7 Å². The molecule has 0 saturated carbocycles. The van der Waals surface area contributed by atoms with Crippen LogP contribution in [0.15, 0.2) is 48.5 Å². The van der Waals surface area contributed by atoms with Crippen molar-refractivity contribution in [2.75, 3.05) is 31.3 Å². The van der Waals surface area contributed by atoms with E-state index in [2.05, 4.69) is 0 Å². The number of unbranched alkanes of at least 4 members (excludes halogenated alkanes) is 1. The molecule has 0 bridgehead atoms. The van der Waals surface area contributed by atoms with Crippen LogP contribution in [0.4, 0.5) is 11.4 Å². The Labute approximate surface area is 177 Å². The predicted molar refractivity (Wildman–Crippen MR) is 116 cm³/mol. The zero-order chi connectivity index (χ0) is 21.8. The van der Waals surface area contributed by atoms with Gasteiger partial charge in [-0.15, -0.1) is 0 Å². The van der Waals surface area contributed by atoms with Gasteiger partial charge >= 0.3 is 11.9 Å². The third kappa shape index (κ3) is 8.53. The number of benzene rings is 2. The van der Waals surface area contributed by atoms with Gasteiger partial charge in [0.05, 0.1) is 23.8 Å². The number of rotatable bonds is 12. The number of hydrogen-bond acceptors (Lipinski definition) is 7. The van der Waals surface area contributed by atoms with E-state index < -0.39 is 0 Å². The van der Waals surface area contributed by atoms with Crippen LogP contribution in [-0.4, -0.2) is 37.9 Å². The summed E-state index contributed by atoms with van der Waals surface area (Å²) in [7, 11) is 0. The molecule has 0 aliphatic rings. The maximum absolute atomic E-state index is 12.0. The molecule has 30 heavy (non-hydrogen) atoms. The number of nitrogens with two attached hydrogens (primary N) is 2. The second-order valence-corrected chi connectivity index (χ2v) is 7.06. The third-order valence-corrected chi connectivity index (χ3v) is 4.42. The van der Waals surface area contributed by atoms with E-state index >= 15 is 0 Å². The van der Waals surface area contributed by atoms with Crippen molar-refractivity contribution < 1.29 is 23.8 Å². The van der Waals surface area contributed by atoms with Gasteiger partial charge < -0.3 is 25.7 Å².